The van der Waals surface area contributed by atoms with Crippen molar-refractivity contribution in [2.75, 3.05) is 32.8 Å². The second-order valence-electron chi connectivity index (χ2n) is 3.73. The standard InChI is InChI=1S/C11H21NO/c1-3-11(2)5-4-6-12-7-9-13-10-8-12/h4-5,11H,3,6-10H2,1-2H3/b5-4-. The molecule has 1 unspecified atom stereocenters. The molecule has 0 saturated carbocycles. The summed E-state index contributed by atoms with van der Waals surface area (Å²) in [4.78, 5) is 2.43. The summed E-state index contributed by atoms with van der Waals surface area (Å²) in [5.74, 6) is 0.723. The van der Waals surface area contributed by atoms with Crippen LogP contribution in [0.4, 0.5) is 0 Å². The fourth-order valence-corrected chi connectivity index (χ4v) is 1.36. The van der Waals surface area contributed by atoms with E-state index >= 15 is 0 Å². The maximum absolute atomic E-state index is 5.28. The molecule has 76 valence electrons. The number of hydrogen-bond donors (Lipinski definition) is 0. The van der Waals surface area contributed by atoms with Crippen molar-refractivity contribution in [3.8, 4) is 0 Å². The summed E-state index contributed by atoms with van der Waals surface area (Å²) in [5.41, 5.74) is 0. The quantitative estimate of drug-likeness (QED) is 0.617. The largest absolute Gasteiger partial charge is 0.379 e. The lowest BCUT2D eigenvalue weighted by molar-refractivity contribution is 0.0434. The maximum Gasteiger partial charge on any atom is 0.0594 e. The lowest BCUT2D eigenvalue weighted by atomic mass is 10.1. The molecule has 1 aliphatic heterocycles. The van der Waals surface area contributed by atoms with Crippen molar-refractivity contribution in [1.29, 1.82) is 0 Å². The minimum Gasteiger partial charge on any atom is -0.379 e. The SMILES string of the molecule is CCC(C)/C=C\CN1CCOCC1. The van der Waals surface area contributed by atoms with Crippen LogP contribution < -0.4 is 0 Å². The van der Waals surface area contributed by atoms with Gasteiger partial charge in [-0.25, -0.2) is 0 Å². The molecule has 1 saturated heterocycles. The first-order valence-corrected chi connectivity index (χ1v) is 5.29. The van der Waals surface area contributed by atoms with Crippen molar-refractivity contribution in [1.82, 2.24) is 4.90 Å². The molecule has 1 heterocycles. The summed E-state index contributed by atoms with van der Waals surface area (Å²) >= 11 is 0. The van der Waals surface area contributed by atoms with Crippen LogP contribution >= 0.6 is 0 Å². The molecule has 0 N–H and O–H groups in total. The summed E-state index contributed by atoms with van der Waals surface area (Å²) in [6.07, 6.45) is 5.84. The fraction of sp³-hybridized carbons (Fsp3) is 0.818. The van der Waals surface area contributed by atoms with Crippen molar-refractivity contribution >= 4 is 0 Å². The molecule has 0 radical (unpaired) electrons. The Labute approximate surface area is 81.6 Å². The third-order valence-corrected chi connectivity index (χ3v) is 2.58. The molecule has 1 atom stereocenters. The van der Waals surface area contributed by atoms with Crippen LogP contribution in [0, 0.1) is 5.92 Å². The highest BCUT2D eigenvalue weighted by molar-refractivity contribution is 4.88. The lowest BCUT2D eigenvalue weighted by Crippen LogP contribution is -2.36. The van der Waals surface area contributed by atoms with Gasteiger partial charge in [-0.1, -0.05) is 32.4 Å². The molecular weight excluding hydrogens is 162 g/mol. The van der Waals surface area contributed by atoms with E-state index in [0.29, 0.717) is 0 Å². The first kappa shape index (κ1) is 10.7. The molecule has 2 heteroatoms. The van der Waals surface area contributed by atoms with Crippen LogP contribution in [0.15, 0.2) is 12.2 Å². The van der Waals surface area contributed by atoms with E-state index in [1.807, 2.05) is 0 Å². The Hall–Kier alpha value is -0.340. The third-order valence-electron chi connectivity index (χ3n) is 2.58. The van der Waals surface area contributed by atoms with Gasteiger partial charge in [-0.05, 0) is 5.92 Å². The van der Waals surface area contributed by atoms with Crippen LogP contribution in [0.1, 0.15) is 20.3 Å². The molecule has 0 aromatic carbocycles. The van der Waals surface area contributed by atoms with E-state index in [9.17, 15) is 0 Å². The van der Waals surface area contributed by atoms with E-state index in [-0.39, 0.29) is 0 Å². The van der Waals surface area contributed by atoms with Gasteiger partial charge in [0.2, 0.25) is 0 Å². The van der Waals surface area contributed by atoms with Crippen molar-refractivity contribution < 1.29 is 4.74 Å². The summed E-state index contributed by atoms with van der Waals surface area (Å²) in [6, 6.07) is 0. The molecule has 0 bridgehead atoms. The molecule has 1 rings (SSSR count). The van der Waals surface area contributed by atoms with E-state index in [1.54, 1.807) is 0 Å². The van der Waals surface area contributed by atoms with Gasteiger partial charge in [0, 0.05) is 19.6 Å². The van der Waals surface area contributed by atoms with Crippen molar-refractivity contribution in [3.63, 3.8) is 0 Å². The minimum atomic E-state index is 0.723. The predicted octanol–water partition coefficient (Wildman–Crippen LogP) is 1.92. The fourth-order valence-electron chi connectivity index (χ4n) is 1.36. The van der Waals surface area contributed by atoms with Gasteiger partial charge in [0.1, 0.15) is 0 Å². The van der Waals surface area contributed by atoms with E-state index < -0.39 is 0 Å². The number of morpholine rings is 1. The van der Waals surface area contributed by atoms with E-state index in [1.165, 1.54) is 6.42 Å². The molecule has 0 amide bonds. The number of ether oxygens (including phenoxy) is 1. The second kappa shape index (κ2) is 6.17. The van der Waals surface area contributed by atoms with Crippen LogP contribution in [0.2, 0.25) is 0 Å². The number of allylic oxidation sites excluding steroid dienone is 1. The van der Waals surface area contributed by atoms with Gasteiger partial charge in [-0.3, -0.25) is 4.90 Å². The predicted molar refractivity (Wildman–Crippen MR) is 55.9 cm³/mol. The van der Waals surface area contributed by atoms with E-state index in [4.69, 9.17) is 4.74 Å². The molecule has 13 heavy (non-hydrogen) atoms. The molecular formula is C11H21NO. The Morgan fingerprint density at radius 1 is 1.38 bits per heavy atom. The van der Waals surface area contributed by atoms with Gasteiger partial charge in [0.25, 0.3) is 0 Å². The number of nitrogens with zero attached hydrogens (tertiary/aromatic N) is 1. The highest BCUT2D eigenvalue weighted by Gasteiger charge is 2.07. The normalized spacial score (nSPS) is 22.3. The average Bonchev–Trinajstić information content (AvgIpc) is 2.19. The Morgan fingerprint density at radius 3 is 2.69 bits per heavy atom. The molecule has 1 fully saturated rings. The number of rotatable bonds is 4. The topological polar surface area (TPSA) is 12.5 Å². The highest BCUT2D eigenvalue weighted by atomic mass is 16.5. The van der Waals surface area contributed by atoms with Crippen LogP contribution in [-0.2, 0) is 4.74 Å². The van der Waals surface area contributed by atoms with Crippen molar-refractivity contribution in [3.05, 3.63) is 12.2 Å². The highest BCUT2D eigenvalue weighted by Crippen LogP contribution is 2.02. The van der Waals surface area contributed by atoms with Gasteiger partial charge in [0.05, 0.1) is 13.2 Å². The van der Waals surface area contributed by atoms with Gasteiger partial charge in [-0.2, -0.15) is 0 Å². The van der Waals surface area contributed by atoms with E-state index in [0.717, 1.165) is 38.8 Å². The third kappa shape index (κ3) is 4.44. The monoisotopic (exact) mass is 183 g/mol. The second-order valence-corrected chi connectivity index (χ2v) is 3.73. The molecule has 1 aliphatic rings. The smallest absolute Gasteiger partial charge is 0.0594 e. The zero-order valence-corrected chi connectivity index (χ0v) is 8.83. The Kier molecular flexibility index (Phi) is 5.09. The van der Waals surface area contributed by atoms with Crippen LogP contribution in [0.25, 0.3) is 0 Å². The lowest BCUT2D eigenvalue weighted by Gasteiger charge is -2.25. The van der Waals surface area contributed by atoms with Crippen molar-refractivity contribution in [2.24, 2.45) is 5.92 Å². The summed E-state index contributed by atoms with van der Waals surface area (Å²) < 4.78 is 5.28. The van der Waals surface area contributed by atoms with Crippen LogP contribution in [0.3, 0.4) is 0 Å². The van der Waals surface area contributed by atoms with Gasteiger partial charge < -0.3 is 4.74 Å². The number of hydrogen-bond acceptors (Lipinski definition) is 2. The maximum atomic E-state index is 5.28. The van der Waals surface area contributed by atoms with Crippen LogP contribution in [0.5, 0.6) is 0 Å². The summed E-state index contributed by atoms with van der Waals surface area (Å²) in [7, 11) is 0. The van der Waals surface area contributed by atoms with Gasteiger partial charge in [-0.15, -0.1) is 0 Å². The molecule has 0 aromatic heterocycles. The van der Waals surface area contributed by atoms with Gasteiger partial charge >= 0.3 is 0 Å². The first-order chi connectivity index (χ1) is 6.33. The van der Waals surface area contributed by atoms with Crippen molar-refractivity contribution in [2.45, 2.75) is 20.3 Å². The van der Waals surface area contributed by atoms with Gasteiger partial charge in [0.15, 0.2) is 0 Å². The molecule has 2 nitrogen and oxygen atoms in total. The Morgan fingerprint density at radius 2 is 2.08 bits per heavy atom. The van der Waals surface area contributed by atoms with E-state index in [2.05, 4.69) is 30.9 Å². The average molecular weight is 183 g/mol. The minimum absolute atomic E-state index is 0.723. The molecule has 0 aliphatic carbocycles. The summed E-state index contributed by atoms with van der Waals surface area (Å²) in [6.45, 7) is 9.55. The Balaban J connectivity index is 2.13. The zero-order chi connectivity index (χ0) is 9.52. The first-order valence-electron chi connectivity index (χ1n) is 5.29. The zero-order valence-electron chi connectivity index (χ0n) is 8.83. The summed E-state index contributed by atoms with van der Waals surface area (Å²) in [5, 5.41) is 0. The molecule has 0 spiro atoms. The molecule has 0 aromatic rings. The van der Waals surface area contributed by atoms with Crippen LogP contribution in [-0.4, -0.2) is 37.7 Å². The Bertz CT molecular complexity index is 150.